The van der Waals surface area contributed by atoms with E-state index in [2.05, 4.69) is 48.8 Å². The first-order valence-corrected chi connectivity index (χ1v) is 7.48. The molecular weight excluding hydrogens is 230 g/mol. The maximum absolute atomic E-state index is 4.24. The summed E-state index contributed by atoms with van der Waals surface area (Å²) >= 11 is 1.92. The van der Waals surface area contributed by atoms with Crippen LogP contribution in [-0.4, -0.2) is 26.6 Å². The molecule has 0 aromatic carbocycles. The molecule has 3 nitrogen and oxygen atoms in total. The lowest BCUT2D eigenvalue weighted by atomic mass is 10.1. The molecule has 1 aromatic heterocycles. The lowest BCUT2D eigenvalue weighted by molar-refractivity contribution is 0.414. The lowest BCUT2D eigenvalue weighted by Crippen LogP contribution is -2.35. The number of imidazole rings is 1. The van der Waals surface area contributed by atoms with Crippen molar-refractivity contribution >= 4 is 11.8 Å². The van der Waals surface area contributed by atoms with Crippen LogP contribution in [0.4, 0.5) is 0 Å². The van der Waals surface area contributed by atoms with E-state index in [0.717, 1.165) is 13.1 Å². The third-order valence-electron chi connectivity index (χ3n) is 2.78. The average molecular weight is 255 g/mol. The second-order valence-corrected chi connectivity index (χ2v) is 6.79. The minimum atomic E-state index is 0.154. The molecule has 1 rings (SSSR count). The Morgan fingerprint density at radius 3 is 2.76 bits per heavy atom. The molecule has 1 aromatic rings. The Hall–Kier alpha value is -0.480. The van der Waals surface area contributed by atoms with Gasteiger partial charge in [-0.3, -0.25) is 0 Å². The van der Waals surface area contributed by atoms with E-state index < -0.39 is 0 Å². The van der Waals surface area contributed by atoms with Crippen molar-refractivity contribution in [1.29, 1.82) is 0 Å². The number of aromatic nitrogens is 2. The van der Waals surface area contributed by atoms with Crippen molar-refractivity contribution in [2.24, 2.45) is 0 Å². The minimum absolute atomic E-state index is 0.154. The van der Waals surface area contributed by atoms with Gasteiger partial charge >= 0.3 is 0 Å². The Morgan fingerprint density at radius 1 is 1.47 bits per heavy atom. The van der Waals surface area contributed by atoms with Crippen LogP contribution in [0.2, 0.25) is 0 Å². The number of hydrogen-bond acceptors (Lipinski definition) is 3. The van der Waals surface area contributed by atoms with Crippen LogP contribution in [-0.2, 0) is 13.1 Å². The van der Waals surface area contributed by atoms with Gasteiger partial charge in [0.1, 0.15) is 0 Å². The van der Waals surface area contributed by atoms with Crippen molar-refractivity contribution in [2.75, 3.05) is 6.26 Å². The molecule has 0 aliphatic heterocycles. The SMILES string of the molecule is CSC(C)CCn1cncc1CNC(C)(C)C. The molecule has 0 amide bonds. The molecule has 1 heterocycles. The Labute approximate surface area is 109 Å². The van der Waals surface area contributed by atoms with Gasteiger partial charge in [0.15, 0.2) is 0 Å². The molecule has 1 atom stereocenters. The van der Waals surface area contributed by atoms with Gasteiger partial charge in [0.25, 0.3) is 0 Å². The fourth-order valence-corrected chi connectivity index (χ4v) is 1.83. The van der Waals surface area contributed by atoms with E-state index >= 15 is 0 Å². The largest absolute Gasteiger partial charge is 0.333 e. The van der Waals surface area contributed by atoms with Crippen molar-refractivity contribution in [3.8, 4) is 0 Å². The smallest absolute Gasteiger partial charge is 0.0948 e. The highest BCUT2D eigenvalue weighted by atomic mass is 32.2. The summed E-state index contributed by atoms with van der Waals surface area (Å²) in [5.74, 6) is 0. The molecule has 0 radical (unpaired) electrons. The van der Waals surface area contributed by atoms with Crippen molar-refractivity contribution in [3.63, 3.8) is 0 Å². The second-order valence-electron chi connectivity index (χ2n) is 5.52. The summed E-state index contributed by atoms with van der Waals surface area (Å²) in [5.41, 5.74) is 1.43. The van der Waals surface area contributed by atoms with Gasteiger partial charge in [0.2, 0.25) is 0 Å². The van der Waals surface area contributed by atoms with Crippen LogP contribution in [0.15, 0.2) is 12.5 Å². The summed E-state index contributed by atoms with van der Waals surface area (Å²) in [6.45, 7) is 10.8. The minimum Gasteiger partial charge on any atom is -0.333 e. The normalized spacial score (nSPS) is 13.9. The maximum Gasteiger partial charge on any atom is 0.0948 e. The molecule has 0 bridgehead atoms. The van der Waals surface area contributed by atoms with E-state index in [1.165, 1.54) is 12.1 Å². The molecule has 0 aliphatic carbocycles. The standard InChI is InChI=1S/C13H25N3S/c1-11(17-5)6-7-16-10-14-8-12(16)9-15-13(2,3)4/h8,10-11,15H,6-7,9H2,1-5H3. The molecule has 0 aliphatic rings. The summed E-state index contributed by atoms with van der Waals surface area (Å²) in [6, 6.07) is 0. The Bertz CT molecular complexity index is 328. The van der Waals surface area contributed by atoms with Crippen molar-refractivity contribution in [1.82, 2.24) is 14.9 Å². The van der Waals surface area contributed by atoms with Gasteiger partial charge in [-0.05, 0) is 33.4 Å². The number of nitrogens with one attached hydrogen (secondary N) is 1. The van der Waals surface area contributed by atoms with E-state index in [1.807, 2.05) is 24.3 Å². The monoisotopic (exact) mass is 255 g/mol. The zero-order chi connectivity index (χ0) is 12.9. The first kappa shape index (κ1) is 14.6. The summed E-state index contributed by atoms with van der Waals surface area (Å²) in [5, 5.41) is 4.21. The molecule has 98 valence electrons. The first-order chi connectivity index (χ1) is 7.92. The first-order valence-electron chi connectivity index (χ1n) is 6.19. The fourth-order valence-electron chi connectivity index (χ4n) is 1.49. The van der Waals surface area contributed by atoms with Crippen LogP contribution in [0.1, 0.15) is 39.8 Å². The van der Waals surface area contributed by atoms with Gasteiger partial charge in [-0.15, -0.1) is 0 Å². The van der Waals surface area contributed by atoms with Crippen molar-refractivity contribution in [3.05, 3.63) is 18.2 Å². The van der Waals surface area contributed by atoms with Gasteiger partial charge in [0.05, 0.1) is 12.0 Å². The van der Waals surface area contributed by atoms with Crippen molar-refractivity contribution < 1.29 is 0 Å². The summed E-state index contributed by atoms with van der Waals surface area (Å²) < 4.78 is 2.26. The van der Waals surface area contributed by atoms with Crippen molar-refractivity contribution in [2.45, 2.75) is 58.0 Å². The van der Waals surface area contributed by atoms with Gasteiger partial charge in [0, 0.05) is 30.1 Å². The Kier molecular flexibility index (Phi) is 5.53. The van der Waals surface area contributed by atoms with Crippen LogP contribution in [0.25, 0.3) is 0 Å². The third-order valence-corrected chi connectivity index (χ3v) is 3.82. The zero-order valence-electron chi connectivity index (χ0n) is 11.7. The second kappa shape index (κ2) is 6.45. The highest BCUT2D eigenvalue weighted by Crippen LogP contribution is 2.12. The van der Waals surface area contributed by atoms with Crippen LogP contribution in [0.3, 0.4) is 0 Å². The van der Waals surface area contributed by atoms with E-state index in [1.54, 1.807) is 0 Å². The van der Waals surface area contributed by atoms with E-state index in [0.29, 0.717) is 5.25 Å². The molecule has 1 unspecified atom stereocenters. The molecule has 0 fully saturated rings. The predicted molar refractivity (Wildman–Crippen MR) is 76.4 cm³/mol. The van der Waals surface area contributed by atoms with Crippen LogP contribution in [0, 0.1) is 0 Å². The lowest BCUT2D eigenvalue weighted by Gasteiger charge is -2.21. The van der Waals surface area contributed by atoms with Crippen LogP contribution >= 0.6 is 11.8 Å². The number of aryl methyl sites for hydroxylation is 1. The molecular formula is C13H25N3S. The summed E-state index contributed by atoms with van der Waals surface area (Å²) in [6.07, 6.45) is 7.26. The van der Waals surface area contributed by atoms with Crippen LogP contribution in [0.5, 0.6) is 0 Å². The summed E-state index contributed by atoms with van der Waals surface area (Å²) in [7, 11) is 0. The predicted octanol–water partition coefficient (Wildman–Crippen LogP) is 2.91. The highest BCUT2D eigenvalue weighted by molar-refractivity contribution is 7.99. The number of hydrogen-bond donors (Lipinski definition) is 1. The number of nitrogens with zero attached hydrogens (tertiary/aromatic N) is 2. The molecule has 0 saturated carbocycles. The quantitative estimate of drug-likeness (QED) is 0.847. The topological polar surface area (TPSA) is 29.9 Å². The summed E-state index contributed by atoms with van der Waals surface area (Å²) in [4.78, 5) is 4.24. The van der Waals surface area contributed by atoms with Gasteiger partial charge in [-0.2, -0.15) is 11.8 Å². The van der Waals surface area contributed by atoms with E-state index in [-0.39, 0.29) is 5.54 Å². The fraction of sp³-hybridized carbons (Fsp3) is 0.769. The molecule has 0 saturated heterocycles. The molecule has 0 spiro atoms. The number of thioether (sulfide) groups is 1. The molecule has 4 heteroatoms. The molecule has 1 N–H and O–H groups in total. The highest BCUT2D eigenvalue weighted by Gasteiger charge is 2.10. The van der Waals surface area contributed by atoms with E-state index in [4.69, 9.17) is 0 Å². The Morgan fingerprint density at radius 2 is 2.18 bits per heavy atom. The maximum atomic E-state index is 4.24. The van der Waals surface area contributed by atoms with E-state index in [9.17, 15) is 0 Å². The number of rotatable bonds is 6. The Balaban J connectivity index is 2.48. The van der Waals surface area contributed by atoms with Gasteiger partial charge in [-0.25, -0.2) is 4.98 Å². The third kappa shape index (κ3) is 5.59. The van der Waals surface area contributed by atoms with Gasteiger partial charge < -0.3 is 9.88 Å². The molecule has 17 heavy (non-hydrogen) atoms. The van der Waals surface area contributed by atoms with Gasteiger partial charge in [-0.1, -0.05) is 6.92 Å². The zero-order valence-corrected chi connectivity index (χ0v) is 12.5. The average Bonchev–Trinajstić information content (AvgIpc) is 2.69. The van der Waals surface area contributed by atoms with Crippen LogP contribution < -0.4 is 5.32 Å².